The maximum atomic E-state index is 11.3. The number of H-pyrrole nitrogens is 1. The highest BCUT2D eigenvalue weighted by molar-refractivity contribution is 5.93. The van der Waals surface area contributed by atoms with Gasteiger partial charge in [-0.05, 0) is 0 Å². The van der Waals surface area contributed by atoms with Crippen LogP contribution >= 0.6 is 0 Å². The van der Waals surface area contributed by atoms with Gasteiger partial charge in [-0.25, -0.2) is 0 Å². The molecule has 1 heterocycles. The Balaban J connectivity index is 2.26. The molecule has 1 aromatic heterocycles. The molecule has 0 saturated heterocycles. The Morgan fingerprint density at radius 3 is 2.93 bits per heavy atom. The Labute approximate surface area is 81.1 Å². The molecule has 0 bridgehead atoms. The first kappa shape index (κ1) is 10.2. The molecular formula is C8H12N4O2. The van der Waals surface area contributed by atoms with Gasteiger partial charge in [-0.2, -0.15) is 5.10 Å². The lowest BCUT2D eigenvalue weighted by atomic mass is 10.3. The van der Waals surface area contributed by atoms with Crippen LogP contribution in [-0.4, -0.2) is 35.6 Å². The van der Waals surface area contributed by atoms with Crippen molar-refractivity contribution >= 4 is 11.8 Å². The first-order valence-corrected chi connectivity index (χ1v) is 4.21. The summed E-state index contributed by atoms with van der Waals surface area (Å²) in [5.41, 5.74) is 0.460. The van der Waals surface area contributed by atoms with Crippen LogP contribution in [0.1, 0.15) is 16.8 Å². The monoisotopic (exact) mass is 196 g/mol. The predicted octanol–water partition coefficient (Wildman–Crippen LogP) is -0.724. The van der Waals surface area contributed by atoms with Crippen LogP contribution in [0.2, 0.25) is 0 Å². The zero-order valence-corrected chi connectivity index (χ0v) is 7.83. The smallest absolute Gasteiger partial charge is 0.254 e. The molecule has 0 spiro atoms. The van der Waals surface area contributed by atoms with Crippen molar-refractivity contribution < 1.29 is 9.59 Å². The van der Waals surface area contributed by atoms with Gasteiger partial charge in [-0.15, -0.1) is 0 Å². The van der Waals surface area contributed by atoms with Gasteiger partial charge in [-0.3, -0.25) is 14.7 Å². The van der Waals surface area contributed by atoms with Crippen molar-refractivity contribution in [2.75, 3.05) is 13.6 Å². The minimum Gasteiger partial charge on any atom is -0.359 e. The third kappa shape index (κ3) is 2.89. The Morgan fingerprint density at radius 2 is 2.36 bits per heavy atom. The maximum absolute atomic E-state index is 11.3. The van der Waals surface area contributed by atoms with E-state index in [1.165, 1.54) is 12.4 Å². The van der Waals surface area contributed by atoms with E-state index in [9.17, 15) is 9.59 Å². The van der Waals surface area contributed by atoms with Crippen LogP contribution in [0.4, 0.5) is 0 Å². The Kier molecular flexibility index (Phi) is 3.66. The lowest BCUT2D eigenvalue weighted by Crippen LogP contribution is -2.28. The van der Waals surface area contributed by atoms with Crippen molar-refractivity contribution in [3.05, 3.63) is 18.0 Å². The van der Waals surface area contributed by atoms with Crippen LogP contribution in [0.5, 0.6) is 0 Å². The van der Waals surface area contributed by atoms with E-state index in [-0.39, 0.29) is 18.2 Å². The van der Waals surface area contributed by atoms with E-state index >= 15 is 0 Å². The van der Waals surface area contributed by atoms with Crippen molar-refractivity contribution in [3.63, 3.8) is 0 Å². The molecule has 0 aromatic carbocycles. The summed E-state index contributed by atoms with van der Waals surface area (Å²) in [5, 5.41) is 11.2. The van der Waals surface area contributed by atoms with Gasteiger partial charge in [0.1, 0.15) is 0 Å². The average molecular weight is 196 g/mol. The summed E-state index contributed by atoms with van der Waals surface area (Å²) in [6.45, 7) is 0.323. The number of amides is 2. The number of hydrogen-bond donors (Lipinski definition) is 3. The fraction of sp³-hybridized carbons (Fsp3) is 0.375. The molecule has 0 aliphatic rings. The Morgan fingerprint density at radius 1 is 1.57 bits per heavy atom. The number of carbonyl (C=O) groups excluding carboxylic acids is 2. The second-order valence-electron chi connectivity index (χ2n) is 2.67. The van der Waals surface area contributed by atoms with Crippen LogP contribution in [0.15, 0.2) is 12.4 Å². The Bertz CT molecular complexity index is 307. The fourth-order valence-corrected chi connectivity index (χ4v) is 0.892. The first-order valence-electron chi connectivity index (χ1n) is 4.21. The van der Waals surface area contributed by atoms with Crippen molar-refractivity contribution in [1.29, 1.82) is 0 Å². The predicted molar refractivity (Wildman–Crippen MR) is 49.6 cm³/mol. The zero-order valence-electron chi connectivity index (χ0n) is 7.83. The van der Waals surface area contributed by atoms with Crippen molar-refractivity contribution in [2.24, 2.45) is 0 Å². The van der Waals surface area contributed by atoms with Crippen LogP contribution < -0.4 is 10.6 Å². The third-order valence-corrected chi connectivity index (χ3v) is 1.68. The standard InChI is InChI=1S/C8H12N4O2/c1-9-7(13)2-3-10-8(14)6-4-11-12-5-6/h4-5H,2-3H2,1H3,(H,9,13)(H,10,14)(H,11,12). The lowest BCUT2D eigenvalue weighted by Gasteiger charge is -2.01. The molecular weight excluding hydrogens is 184 g/mol. The zero-order chi connectivity index (χ0) is 10.4. The number of aromatic amines is 1. The largest absolute Gasteiger partial charge is 0.359 e. The van der Waals surface area contributed by atoms with Crippen molar-refractivity contribution in [2.45, 2.75) is 6.42 Å². The van der Waals surface area contributed by atoms with E-state index in [4.69, 9.17) is 0 Å². The number of carbonyl (C=O) groups is 2. The molecule has 6 heteroatoms. The molecule has 6 nitrogen and oxygen atoms in total. The van der Waals surface area contributed by atoms with E-state index in [2.05, 4.69) is 20.8 Å². The van der Waals surface area contributed by atoms with Crippen LogP contribution in [0.3, 0.4) is 0 Å². The quantitative estimate of drug-likeness (QED) is 0.593. The van der Waals surface area contributed by atoms with Crippen LogP contribution in [0, 0.1) is 0 Å². The molecule has 0 saturated carbocycles. The minimum absolute atomic E-state index is 0.0995. The summed E-state index contributed by atoms with van der Waals surface area (Å²) >= 11 is 0. The van der Waals surface area contributed by atoms with E-state index in [0.29, 0.717) is 12.1 Å². The van der Waals surface area contributed by atoms with E-state index < -0.39 is 0 Å². The van der Waals surface area contributed by atoms with Gasteiger partial charge in [0, 0.05) is 26.2 Å². The minimum atomic E-state index is -0.234. The Hall–Kier alpha value is -1.85. The summed E-state index contributed by atoms with van der Waals surface area (Å²) in [6.07, 6.45) is 3.20. The number of nitrogens with zero attached hydrogens (tertiary/aromatic N) is 1. The molecule has 3 N–H and O–H groups in total. The molecule has 0 atom stereocenters. The molecule has 0 aliphatic carbocycles. The molecule has 2 amide bonds. The molecule has 0 fully saturated rings. The highest BCUT2D eigenvalue weighted by atomic mass is 16.2. The first-order chi connectivity index (χ1) is 6.74. The van der Waals surface area contributed by atoms with Gasteiger partial charge in [-0.1, -0.05) is 0 Å². The van der Waals surface area contributed by atoms with Gasteiger partial charge in [0.15, 0.2) is 0 Å². The van der Waals surface area contributed by atoms with Crippen LogP contribution in [-0.2, 0) is 4.79 Å². The number of nitrogens with one attached hydrogen (secondary N) is 3. The van der Waals surface area contributed by atoms with Gasteiger partial charge >= 0.3 is 0 Å². The summed E-state index contributed by atoms with van der Waals surface area (Å²) < 4.78 is 0. The fourth-order valence-electron chi connectivity index (χ4n) is 0.892. The number of aromatic nitrogens is 2. The molecule has 14 heavy (non-hydrogen) atoms. The molecule has 1 aromatic rings. The summed E-state index contributed by atoms with van der Waals surface area (Å²) in [5.74, 6) is -0.333. The highest BCUT2D eigenvalue weighted by Crippen LogP contribution is 1.92. The van der Waals surface area contributed by atoms with Crippen LogP contribution in [0.25, 0.3) is 0 Å². The molecule has 76 valence electrons. The number of hydrogen-bond acceptors (Lipinski definition) is 3. The second kappa shape index (κ2) is 5.00. The lowest BCUT2D eigenvalue weighted by molar-refractivity contribution is -0.120. The van der Waals surface area contributed by atoms with E-state index in [1.54, 1.807) is 7.05 Å². The van der Waals surface area contributed by atoms with Gasteiger partial charge in [0.25, 0.3) is 5.91 Å². The summed E-state index contributed by atoms with van der Waals surface area (Å²) in [7, 11) is 1.56. The normalized spacial score (nSPS) is 9.50. The molecule has 0 aliphatic heterocycles. The summed E-state index contributed by atoms with van der Waals surface area (Å²) in [6, 6.07) is 0. The number of rotatable bonds is 4. The topological polar surface area (TPSA) is 86.9 Å². The van der Waals surface area contributed by atoms with E-state index in [0.717, 1.165) is 0 Å². The van der Waals surface area contributed by atoms with Gasteiger partial charge in [0.2, 0.25) is 5.91 Å². The summed E-state index contributed by atoms with van der Waals surface area (Å²) in [4.78, 5) is 22.1. The SMILES string of the molecule is CNC(=O)CCNC(=O)c1cn[nH]c1. The maximum Gasteiger partial charge on any atom is 0.254 e. The molecule has 0 unspecified atom stereocenters. The van der Waals surface area contributed by atoms with Gasteiger partial charge in [0.05, 0.1) is 11.8 Å². The van der Waals surface area contributed by atoms with Crippen molar-refractivity contribution in [1.82, 2.24) is 20.8 Å². The molecule has 0 radical (unpaired) electrons. The van der Waals surface area contributed by atoms with Crippen molar-refractivity contribution in [3.8, 4) is 0 Å². The van der Waals surface area contributed by atoms with Gasteiger partial charge < -0.3 is 10.6 Å². The average Bonchev–Trinajstić information content (AvgIpc) is 2.70. The third-order valence-electron chi connectivity index (χ3n) is 1.68. The van der Waals surface area contributed by atoms with E-state index in [1.807, 2.05) is 0 Å². The molecule has 1 rings (SSSR count). The highest BCUT2D eigenvalue weighted by Gasteiger charge is 2.05. The second-order valence-corrected chi connectivity index (χ2v) is 2.67.